The maximum absolute atomic E-state index is 5.25. The lowest BCUT2D eigenvalue weighted by Crippen LogP contribution is -2.31. The van der Waals surface area contributed by atoms with E-state index in [9.17, 15) is 0 Å². The van der Waals surface area contributed by atoms with Crippen LogP contribution in [-0.2, 0) is 4.74 Å². The van der Waals surface area contributed by atoms with E-state index in [0.717, 1.165) is 6.61 Å². The van der Waals surface area contributed by atoms with Gasteiger partial charge in [-0.15, -0.1) is 0 Å². The zero-order valence-electron chi connectivity index (χ0n) is 8.46. The molecular weight excluding hydrogens is 162 g/mol. The van der Waals surface area contributed by atoms with Crippen LogP contribution >= 0.6 is 0 Å². The van der Waals surface area contributed by atoms with E-state index in [1.54, 1.807) is 12.8 Å². The van der Waals surface area contributed by atoms with Gasteiger partial charge in [-0.1, -0.05) is 6.08 Å². The fourth-order valence-electron chi connectivity index (χ4n) is 2.49. The molecule has 1 heterocycles. The fourth-order valence-corrected chi connectivity index (χ4v) is 2.49. The summed E-state index contributed by atoms with van der Waals surface area (Å²) >= 11 is 0. The molecule has 2 aliphatic rings. The summed E-state index contributed by atoms with van der Waals surface area (Å²) in [7, 11) is 1.81. The summed E-state index contributed by atoms with van der Waals surface area (Å²) in [5.41, 5.74) is 1.58. The SMILES string of the molecule is COC[C@@H]1CCCN1C1=CCCC1. The van der Waals surface area contributed by atoms with Crippen molar-refractivity contribution in [2.45, 2.75) is 38.1 Å². The molecule has 1 atom stereocenters. The van der Waals surface area contributed by atoms with Gasteiger partial charge in [0.15, 0.2) is 0 Å². The third-order valence-electron chi connectivity index (χ3n) is 3.12. The molecule has 74 valence electrons. The van der Waals surface area contributed by atoms with Crippen LogP contribution in [0.2, 0.25) is 0 Å². The van der Waals surface area contributed by atoms with E-state index in [-0.39, 0.29) is 0 Å². The van der Waals surface area contributed by atoms with E-state index in [4.69, 9.17) is 4.74 Å². The third kappa shape index (κ3) is 1.88. The Bertz CT molecular complexity index is 200. The summed E-state index contributed by atoms with van der Waals surface area (Å²) in [6, 6.07) is 0.661. The van der Waals surface area contributed by atoms with Crippen molar-refractivity contribution in [3.05, 3.63) is 11.8 Å². The summed E-state index contributed by atoms with van der Waals surface area (Å²) in [5, 5.41) is 0. The van der Waals surface area contributed by atoms with Gasteiger partial charge < -0.3 is 9.64 Å². The second-order valence-corrected chi connectivity index (χ2v) is 4.03. The lowest BCUT2D eigenvalue weighted by Gasteiger charge is -2.27. The molecule has 1 saturated heterocycles. The number of rotatable bonds is 3. The first kappa shape index (κ1) is 9.07. The third-order valence-corrected chi connectivity index (χ3v) is 3.12. The molecule has 1 aliphatic carbocycles. The minimum absolute atomic E-state index is 0.661. The van der Waals surface area contributed by atoms with Crippen molar-refractivity contribution in [1.82, 2.24) is 4.90 Å². The normalized spacial score (nSPS) is 28.2. The Kier molecular flexibility index (Phi) is 2.89. The molecule has 0 bridgehead atoms. The van der Waals surface area contributed by atoms with Gasteiger partial charge in [0.2, 0.25) is 0 Å². The molecule has 0 aromatic heterocycles. The van der Waals surface area contributed by atoms with Crippen LogP contribution in [0.4, 0.5) is 0 Å². The van der Waals surface area contributed by atoms with Gasteiger partial charge in [0.25, 0.3) is 0 Å². The molecule has 0 aromatic rings. The van der Waals surface area contributed by atoms with E-state index in [2.05, 4.69) is 11.0 Å². The Balaban J connectivity index is 1.96. The minimum atomic E-state index is 0.661. The number of hydrogen-bond acceptors (Lipinski definition) is 2. The number of methoxy groups -OCH3 is 1. The summed E-state index contributed by atoms with van der Waals surface area (Å²) in [6.07, 6.45) is 8.99. The highest BCUT2D eigenvalue weighted by molar-refractivity contribution is 5.09. The van der Waals surface area contributed by atoms with Crippen molar-refractivity contribution in [3.8, 4) is 0 Å². The van der Waals surface area contributed by atoms with Crippen LogP contribution in [-0.4, -0.2) is 31.2 Å². The zero-order chi connectivity index (χ0) is 9.10. The van der Waals surface area contributed by atoms with E-state index < -0.39 is 0 Å². The van der Waals surface area contributed by atoms with E-state index >= 15 is 0 Å². The Morgan fingerprint density at radius 2 is 2.46 bits per heavy atom. The molecule has 1 fully saturated rings. The predicted molar refractivity (Wildman–Crippen MR) is 53.5 cm³/mol. The van der Waals surface area contributed by atoms with Gasteiger partial charge >= 0.3 is 0 Å². The second kappa shape index (κ2) is 4.14. The van der Waals surface area contributed by atoms with Crippen molar-refractivity contribution >= 4 is 0 Å². The molecule has 2 heteroatoms. The summed E-state index contributed by atoms with van der Waals surface area (Å²) in [6.45, 7) is 2.15. The van der Waals surface area contributed by atoms with Crippen molar-refractivity contribution in [2.24, 2.45) is 0 Å². The van der Waals surface area contributed by atoms with Crippen LogP contribution in [0.15, 0.2) is 11.8 Å². The van der Waals surface area contributed by atoms with Gasteiger partial charge in [-0.25, -0.2) is 0 Å². The first-order chi connectivity index (χ1) is 6.42. The Hall–Kier alpha value is -0.500. The van der Waals surface area contributed by atoms with Crippen LogP contribution in [0.3, 0.4) is 0 Å². The highest BCUT2D eigenvalue weighted by Crippen LogP contribution is 2.29. The van der Waals surface area contributed by atoms with Crippen LogP contribution < -0.4 is 0 Å². The molecule has 2 rings (SSSR count). The topological polar surface area (TPSA) is 12.5 Å². The number of ether oxygens (including phenoxy) is 1. The van der Waals surface area contributed by atoms with Gasteiger partial charge in [0, 0.05) is 19.4 Å². The van der Waals surface area contributed by atoms with Crippen LogP contribution in [0.1, 0.15) is 32.1 Å². The van der Waals surface area contributed by atoms with Gasteiger partial charge in [-0.2, -0.15) is 0 Å². The van der Waals surface area contributed by atoms with E-state index in [1.165, 1.54) is 38.6 Å². The number of hydrogen-bond donors (Lipinski definition) is 0. The van der Waals surface area contributed by atoms with Crippen molar-refractivity contribution in [3.63, 3.8) is 0 Å². The molecule has 2 nitrogen and oxygen atoms in total. The highest BCUT2D eigenvalue weighted by Gasteiger charge is 2.26. The Morgan fingerprint density at radius 1 is 1.54 bits per heavy atom. The monoisotopic (exact) mass is 181 g/mol. The standard InChI is InChI=1S/C11H19NO/c1-13-9-11-7-4-8-12(11)10-5-2-3-6-10/h5,11H,2-4,6-9H2,1H3/t11-/m0/s1. The van der Waals surface area contributed by atoms with Gasteiger partial charge in [0.05, 0.1) is 12.6 Å². The molecule has 0 N–H and O–H groups in total. The van der Waals surface area contributed by atoms with Crippen molar-refractivity contribution < 1.29 is 4.74 Å². The van der Waals surface area contributed by atoms with Crippen LogP contribution in [0.25, 0.3) is 0 Å². The maximum Gasteiger partial charge on any atom is 0.0666 e. The molecule has 0 radical (unpaired) electrons. The maximum atomic E-state index is 5.25. The largest absolute Gasteiger partial charge is 0.383 e. The lowest BCUT2D eigenvalue weighted by atomic mass is 10.2. The molecule has 13 heavy (non-hydrogen) atoms. The molecule has 0 amide bonds. The predicted octanol–water partition coefficient (Wildman–Crippen LogP) is 2.17. The summed E-state index contributed by atoms with van der Waals surface area (Å²) < 4.78 is 5.25. The number of likely N-dealkylation sites (tertiary alicyclic amines) is 1. The Labute approximate surface area is 80.6 Å². The van der Waals surface area contributed by atoms with Crippen LogP contribution in [0, 0.1) is 0 Å². The van der Waals surface area contributed by atoms with Crippen molar-refractivity contribution in [2.75, 3.05) is 20.3 Å². The fraction of sp³-hybridized carbons (Fsp3) is 0.818. The number of nitrogens with zero attached hydrogens (tertiary/aromatic N) is 1. The minimum Gasteiger partial charge on any atom is -0.383 e. The first-order valence-corrected chi connectivity index (χ1v) is 5.36. The lowest BCUT2D eigenvalue weighted by molar-refractivity contribution is 0.131. The summed E-state index contributed by atoms with van der Waals surface area (Å²) in [4.78, 5) is 2.57. The van der Waals surface area contributed by atoms with Gasteiger partial charge in [-0.05, 0) is 32.1 Å². The smallest absolute Gasteiger partial charge is 0.0666 e. The molecule has 1 aliphatic heterocycles. The molecule has 0 unspecified atom stereocenters. The zero-order valence-corrected chi connectivity index (χ0v) is 8.46. The molecular formula is C11H19NO. The first-order valence-electron chi connectivity index (χ1n) is 5.36. The molecule has 0 aromatic carbocycles. The second-order valence-electron chi connectivity index (χ2n) is 4.03. The molecule has 0 spiro atoms. The molecule has 0 saturated carbocycles. The van der Waals surface area contributed by atoms with E-state index in [0.29, 0.717) is 6.04 Å². The van der Waals surface area contributed by atoms with Crippen molar-refractivity contribution in [1.29, 1.82) is 0 Å². The van der Waals surface area contributed by atoms with Gasteiger partial charge in [0.1, 0.15) is 0 Å². The number of allylic oxidation sites excluding steroid dienone is 2. The highest BCUT2D eigenvalue weighted by atomic mass is 16.5. The average molecular weight is 181 g/mol. The quantitative estimate of drug-likeness (QED) is 0.661. The van der Waals surface area contributed by atoms with E-state index in [1.807, 2.05) is 0 Å². The average Bonchev–Trinajstić information content (AvgIpc) is 2.71. The Morgan fingerprint density at radius 3 is 3.15 bits per heavy atom. The van der Waals surface area contributed by atoms with Gasteiger partial charge in [-0.3, -0.25) is 0 Å². The summed E-state index contributed by atoms with van der Waals surface area (Å²) in [5.74, 6) is 0. The van der Waals surface area contributed by atoms with Crippen LogP contribution in [0.5, 0.6) is 0 Å².